The minimum atomic E-state index is -1.93. The Morgan fingerprint density at radius 1 is 1.04 bits per heavy atom. The van der Waals surface area contributed by atoms with Gasteiger partial charge < -0.3 is 14.2 Å². The van der Waals surface area contributed by atoms with Gasteiger partial charge in [0.05, 0.1) is 28.4 Å². The maximum absolute atomic E-state index is 13.1. The van der Waals surface area contributed by atoms with Gasteiger partial charge in [0.2, 0.25) is 0 Å². The van der Waals surface area contributed by atoms with Gasteiger partial charge in [-0.05, 0) is 18.4 Å². The van der Waals surface area contributed by atoms with E-state index in [0.29, 0.717) is 6.42 Å². The molecule has 0 aliphatic heterocycles. The van der Waals surface area contributed by atoms with Crippen molar-refractivity contribution in [1.29, 1.82) is 0 Å². The molecule has 0 N–H and O–H groups in total. The van der Waals surface area contributed by atoms with Crippen molar-refractivity contribution in [2.75, 3.05) is 21.3 Å². The maximum Gasteiger partial charge on any atom is 0.324 e. The van der Waals surface area contributed by atoms with Crippen LogP contribution in [-0.4, -0.2) is 47.4 Å². The Hall–Kier alpha value is -1.66. The maximum atomic E-state index is 13.1. The van der Waals surface area contributed by atoms with Gasteiger partial charge in [0.15, 0.2) is 5.41 Å². The largest absolute Gasteiger partial charge is 0.468 e. The molecule has 1 aromatic carbocycles. The number of carbonyl (C=O) groups is 2. The molecule has 0 unspecified atom stereocenters. The zero-order valence-electron chi connectivity index (χ0n) is 17.5. The lowest BCUT2D eigenvalue weighted by atomic mass is 9.63. The molecule has 27 heavy (non-hydrogen) atoms. The highest BCUT2D eigenvalue weighted by Gasteiger charge is 2.71. The van der Waals surface area contributed by atoms with Gasteiger partial charge in [-0.15, -0.1) is 0 Å². The van der Waals surface area contributed by atoms with Crippen molar-refractivity contribution >= 4 is 25.2 Å². The molecule has 2 rings (SSSR count). The Labute approximate surface area is 163 Å². The molecule has 5 nitrogen and oxygen atoms in total. The number of ether oxygens (including phenoxy) is 3. The first-order valence-electron chi connectivity index (χ1n) is 9.34. The third-order valence-electron chi connectivity index (χ3n) is 6.54. The molecular formula is C21H32O5Si. The summed E-state index contributed by atoms with van der Waals surface area (Å²) in [6, 6.07) is 11.1. The molecule has 1 aromatic rings. The van der Waals surface area contributed by atoms with Gasteiger partial charge in [-0.2, -0.15) is 0 Å². The molecular weight excluding hydrogens is 360 g/mol. The van der Waals surface area contributed by atoms with Gasteiger partial charge in [0, 0.05) is 12.5 Å². The summed E-state index contributed by atoms with van der Waals surface area (Å²) in [7, 11) is 2.37. The van der Waals surface area contributed by atoms with E-state index < -0.39 is 30.8 Å². The van der Waals surface area contributed by atoms with Crippen molar-refractivity contribution in [3.8, 4) is 0 Å². The predicted octanol–water partition coefficient (Wildman–Crippen LogP) is 3.00. The summed E-state index contributed by atoms with van der Waals surface area (Å²) in [6.45, 7) is 8.36. The molecule has 1 saturated carbocycles. The number of rotatable bonds is 6. The lowest BCUT2D eigenvalue weighted by Gasteiger charge is -2.42. The van der Waals surface area contributed by atoms with Gasteiger partial charge in [0.1, 0.15) is 0 Å². The number of benzene rings is 1. The van der Waals surface area contributed by atoms with Crippen molar-refractivity contribution in [1.82, 2.24) is 0 Å². The first kappa shape index (κ1) is 21.6. The zero-order chi connectivity index (χ0) is 20.5. The van der Waals surface area contributed by atoms with Crippen LogP contribution in [0.15, 0.2) is 30.3 Å². The van der Waals surface area contributed by atoms with Crippen LogP contribution in [0, 0.1) is 16.7 Å². The summed E-state index contributed by atoms with van der Waals surface area (Å²) in [5.41, 5.74) is -2.12. The molecule has 0 saturated heterocycles. The van der Waals surface area contributed by atoms with Crippen molar-refractivity contribution in [2.45, 2.75) is 45.5 Å². The van der Waals surface area contributed by atoms with E-state index in [1.54, 1.807) is 7.11 Å². The molecule has 0 aromatic heterocycles. The Kier molecular flexibility index (Phi) is 6.22. The molecule has 1 aliphatic carbocycles. The summed E-state index contributed by atoms with van der Waals surface area (Å²) in [5, 5.41) is 1.30. The predicted molar refractivity (Wildman–Crippen MR) is 108 cm³/mol. The monoisotopic (exact) mass is 392 g/mol. The van der Waals surface area contributed by atoms with Gasteiger partial charge in [-0.25, -0.2) is 0 Å². The second-order valence-corrected chi connectivity index (χ2v) is 13.4. The topological polar surface area (TPSA) is 61.8 Å². The molecule has 150 valence electrons. The average Bonchev–Trinajstić information content (AvgIpc) is 2.87. The first-order chi connectivity index (χ1) is 12.6. The molecule has 2 atom stereocenters. The van der Waals surface area contributed by atoms with Crippen LogP contribution in [0.1, 0.15) is 20.3 Å². The quantitative estimate of drug-likeness (QED) is 0.423. The minimum absolute atomic E-state index is 0.209. The number of carbonyl (C=O) groups excluding carboxylic acids is 2. The van der Waals surface area contributed by atoms with Crippen LogP contribution < -0.4 is 5.19 Å². The number of hydrogen-bond acceptors (Lipinski definition) is 5. The normalized spacial score (nSPS) is 23.7. The summed E-state index contributed by atoms with van der Waals surface area (Å²) in [5.74, 6) is -1.26. The summed E-state index contributed by atoms with van der Waals surface area (Å²) < 4.78 is 16.0. The van der Waals surface area contributed by atoms with Crippen LogP contribution in [-0.2, 0) is 23.8 Å². The Bertz CT molecular complexity index is 667. The van der Waals surface area contributed by atoms with E-state index >= 15 is 0 Å². The minimum Gasteiger partial charge on any atom is -0.468 e. The van der Waals surface area contributed by atoms with E-state index in [1.165, 1.54) is 19.4 Å². The second-order valence-electron chi connectivity index (χ2n) is 8.62. The van der Waals surface area contributed by atoms with E-state index in [-0.39, 0.29) is 12.0 Å². The van der Waals surface area contributed by atoms with E-state index in [2.05, 4.69) is 25.2 Å². The second kappa shape index (κ2) is 7.76. The van der Waals surface area contributed by atoms with Crippen LogP contribution in [0.4, 0.5) is 0 Å². The average molecular weight is 393 g/mol. The van der Waals surface area contributed by atoms with E-state index in [4.69, 9.17) is 14.2 Å². The fraction of sp³-hybridized carbons (Fsp3) is 0.619. The van der Waals surface area contributed by atoms with E-state index in [1.807, 2.05) is 32.0 Å². The van der Waals surface area contributed by atoms with Crippen molar-refractivity contribution in [2.24, 2.45) is 16.7 Å². The number of methoxy groups -OCH3 is 3. The van der Waals surface area contributed by atoms with Crippen molar-refractivity contribution in [3.05, 3.63) is 30.3 Å². The fourth-order valence-corrected chi connectivity index (χ4v) is 8.06. The fourth-order valence-electron chi connectivity index (χ4n) is 5.03. The Morgan fingerprint density at radius 3 is 2.00 bits per heavy atom. The van der Waals surface area contributed by atoms with Gasteiger partial charge in [-0.1, -0.05) is 62.5 Å². The summed E-state index contributed by atoms with van der Waals surface area (Å²) in [4.78, 5) is 26.2. The molecule has 0 spiro atoms. The van der Waals surface area contributed by atoms with E-state index in [0.717, 1.165) is 6.04 Å². The SMILES string of the molecule is COC(=O)C1(C(=O)OC)[C@@H](C[Si](C)(C)c2ccccc2)C[C@@H](OC)C1(C)C. The lowest BCUT2D eigenvalue weighted by molar-refractivity contribution is -0.183. The van der Waals surface area contributed by atoms with Crippen LogP contribution in [0.3, 0.4) is 0 Å². The smallest absolute Gasteiger partial charge is 0.324 e. The lowest BCUT2D eigenvalue weighted by Crippen LogP contribution is -2.56. The molecule has 0 radical (unpaired) electrons. The molecule has 0 amide bonds. The third-order valence-corrected chi connectivity index (χ3v) is 9.95. The molecule has 0 heterocycles. The highest BCUT2D eigenvalue weighted by Crippen LogP contribution is 2.60. The zero-order valence-corrected chi connectivity index (χ0v) is 18.5. The Balaban J connectivity index is 2.57. The molecule has 0 bridgehead atoms. The van der Waals surface area contributed by atoms with Crippen molar-refractivity contribution < 1.29 is 23.8 Å². The van der Waals surface area contributed by atoms with Crippen LogP contribution in [0.2, 0.25) is 19.1 Å². The Morgan fingerprint density at radius 2 is 1.56 bits per heavy atom. The molecule has 1 aliphatic rings. The highest BCUT2D eigenvalue weighted by atomic mass is 28.3. The van der Waals surface area contributed by atoms with Gasteiger partial charge in [-0.3, -0.25) is 9.59 Å². The van der Waals surface area contributed by atoms with Crippen molar-refractivity contribution in [3.63, 3.8) is 0 Å². The number of esters is 2. The summed E-state index contributed by atoms with van der Waals surface area (Å²) >= 11 is 0. The molecule has 6 heteroatoms. The molecule has 1 fully saturated rings. The van der Waals surface area contributed by atoms with Crippen LogP contribution in [0.25, 0.3) is 0 Å². The standard InChI is InChI=1S/C21H32O5Si/c1-20(2)17(24-3)13-15(21(20,18(22)25-4)19(23)26-5)14-27(6,7)16-11-9-8-10-12-16/h8-12,15,17H,13-14H2,1-7H3/t15-,17-/m1/s1. The van der Waals surface area contributed by atoms with Crippen LogP contribution >= 0.6 is 0 Å². The third kappa shape index (κ3) is 3.34. The van der Waals surface area contributed by atoms with Gasteiger partial charge >= 0.3 is 11.9 Å². The van der Waals surface area contributed by atoms with Crippen LogP contribution in [0.5, 0.6) is 0 Å². The summed E-state index contributed by atoms with van der Waals surface area (Å²) in [6.07, 6.45) is 0.387. The number of hydrogen-bond donors (Lipinski definition) is 0. The highest BCUT2D eigenvalue weighted by molar-refractivity contribution is 6.89. The van der Waals surface area contributed by atoms with Gasteiger partial charge in [0.25, 0.3) is 0 Å². The first-order valence-corrected chi connectivity index (χ1v) is 12.6. The van der Waals surface area contributed by atoms with E-state index in [9.17, 15) is 9.59 Å².